The highest BCUT2D eigenvalue weighted by Gasteiger charge is 2.09. The fourth-order valence-electron chi connectivity index (χ4n) is 1.54. The van der Waals surface area contributed by atoms with Crippen LogP contribution in [0.1, 0.15) is 12.5 Å². The van der Waals surface area contributed by atoms with Crippen molar-refractivity contribution in [3.63, 3.8) is 0 Å². The van der Waals surface area contributed by atoms with Crippen molar-refractivity contribution < 1.29 is 9.84 Å². The fraction of sp³-hybridized carbons (Fsp3) is 0.462. The summed E-state index contributed by atoms with van der Waals surface area (Å²) in [7, 11) is 1.88. The van der Waals surface area contributed by atoms with E-state index >= 15 is 0 Å². The van der Waals surface area contributed by atoms with Crippen LogP contribution in [0.25, 0.3) is 0 Å². The average molecular weight is 234 g/mol. The van der Waals surface area contributed by atoms with Crippen LogP contribution in [0.2, 0.25) is 0 Å². The van der Waals surface area contributed by atoms with Gasteiger partial charge in [-0.2, -0.15) is 5.26 Å². The van der Waals surface area contributed by atoms with Gasteiger partial charge in [0.25, 0.3) is 0 Å². The van der Waals surface area contributed by atoms with Crippen LogP contribution in [0.4, 0.5) is 5.69 Å². The molecule has 92 valence electrons. The van der Waals surface area contributed by atoms with Gasteiger partial charge in [0, 0.05) is 25.9 Å². The number of aliphatic hydroxyl groups excluding tert-OH is 1. The minimum Gasteiger partial charge on any atom is -0.389 e. The van der Waals surface area contributed by atoms with Crippen LogP contribution in [0, 0.1) is 11.3 Å². The third kappa shape index (κ3) is 4.43. The number of likely N-dealkylation sites (N-methyl/N-ethyl adjacent to an activating group) is 1. The molecule has 0 aliphatic rings. The highest BCUT2D eigenvalue weighted by Crippen LogP contribution is 2.14. The lowest BCUT2D eigenvalue weighted by molar-refractivity contribution is 0.0469. The van der Waals surface area contributed by atoms with Gasteiger partial charge < -0.3 is 14.7 Å². The molecule has 0 bridgehead atoms. The van der Waals surface area contributed by atoms with Crippen molar-refractivity contribution in [1.29, 1.82) is 5.26 Å². The standard InChI is InChI=1S/C13H18N2O2/c1-3-17-10-13(16)9-15(2)12-6-4-5-11(7-12)8-14/h4-7,13,16H,3,9-10H2,1-2H3. The molecule has 1 atom stereocenters. The first-order valence-electron chi connectivity index (χ1n) is 5.64. The zero-order chi connectivity index (χ0) is 12.7. The molecule has 1 rings (SSSR count). The molecule has 0 saturated carbocycles. The number of nitrogens with zero attached hydrogens (tertiary/aromatic N) is 2. The van der Waals surface area contributed by atoms with Gasteiger partial charge in [-0.15, -0.1) is 0 Å². The van der Waals surface area contributed by atoms with Crippen molar-refractivity contribution in [3.05, 3.63) is 29.8 Å². The summed E-state index contributed by atoms with van der Waals surface area (Å²) in [4.78, 5) is 1.91. The monoisotopic (exact) mass is 234 g/mol. The molecule has 17 heavy (non-hydrogen) atoms. The van der Waals surface area contributed by atoms with E-state index in [2.05, 4.69) is 6.07 Å². The third-order valence-electron chi connectivity index (χ3n) is 2.41. The van der Waals surface area contributed by atoms with Crippen LogP contribution >= 0.6 is 0 Å². The number of hydrogen-bond acceptors (Lipinski definition) is 4. The van der Waals surface area contributed by atoms with Gasteiger partial charge in [0.2, 0.25) is 0 Å². The smallest absolute Gasteiger partial charge is 0.0992 e. The summed E-state index contributed by atoms with van der Waals surface area (Å²) in [5.74, 6) is 0. The van der Waals surface area contributed by atoms with Gasteiger partial charge in [0.1, 0.15) is 0 Å². The highest BCUT2D eigenvalue weighted by molar-refractivity contribution is 5.50. The molecule has 0 spiro atoms. The molecule has 0 aliphatic heterocycles. The molecule has 1 N–H and O–H groups in total. The average Bonchev–Trinajstić information content (AvgIpc) is 2.36. The minimum absolute atomic E-state index is 0.332. The Hall–Kier alpha value is -1.57. The molecule has 0 radical (unpaired) electrons. The zero-order valence-electron chi connectivity index (χ0n) is 10.3. The Balaban J connectivity index is 2.57. The maximum absolute atomic E-state index is 9.71. The van der Waals surface area contributed by atoms with Crippen LogP contribution in [0.5, 0.6) is 0 Å². The van der Waals surface area contributed by atoms with Crippen LogP contribution in [0.15, 0.2) is 24.3 Å². The second kappa shape index (κ2) is 6.89. The largest absolute Gasteiger partial charge is 0.389 e. The van der Waals surface area contributed by atoms with E-state index in [1.54, 1.807) is 12.1 Å². The van der Waals surface area contributed by atoms with E-state index in [1.807, 2.05) is 31.0 Å². The number of ether oxygens (including phenoxy) is 1. The second-order valence-corrected chi connectivity index (χ2v) is 3.86. The third-order valence-corrected chi connectivity index (χ3v) is 2.41. The first kappa shape index (κ1) is 13.5. The summed E-state index contributed by atoms with van der Waals surface area (Å²) >= 11 is 0. The summed E-state index contributed by atoms with van der Waals surface area (Å²) in [5.41, 5.74) is 1.54. The van der Waals surface area contributed by atoms with Crippen LogP contribution in [0.3, 0.4) is 0 Å². The van der Waals surface area contributed by atoms with Crippen molar-refractivity contribution in [2.75, 3.05) is 31.7 Å². The summed E-state index contributed by atoms with van der Waals surface area (Å²) < 4.78 is 5.15. The number of aliphatic hydroxyl groups is 1. The molecule has 0 fully saturated rings. The molecule has 0 aromatic heterocycles. The van der Waals surface area contributed by atoms with Gasteiger partial charge in [0.05, 0.1) is 24.3 Å². The SMILES string of the molecule is CCOCC(O)CN(C)c1cccc(C#N)c1. The Bertz CT molecular complexity index is 387. The lowest BCUT2D eigenvalue weighted by atomic mass is 10.2. The first-order chi connectivity index (χ1) is 8.17. The van der Waals surface area contributed by atoms with Gasteiger partial charge >= 0.3 is 0 Å². The predicted molar refractivity (Wildman–Crippen MR) is 66.9 cm³/mol. The van der Waals surface area contributed by atoms with E-state index in [0.29, 0.717) is 25.3 Å². The summed E-state index contributed by atoms with van der Waals surface area (Å²) in [6.45, 7) is 3.31. The minimum atomic E-state index is -0.523. The van der Waals surface area contributed by atoms with E-state index in [-0.39, 0.29) is 0 Å². The molecule has 1 unspecified atom stereocenters. The maximum atomic E-state index is 9.71. The van der Waals surface area contributed by atoms with Gasteiger partial charge in [-0.3, -0.25) is 0 Å². The van der Waals surface area contributed by atoms with E-state index in [1.165, 1.54) is 0 Å². The molecule has 0 amide bonds. The van der Waals surface area contributed by atoms with Crippen molar-refractivity contribution in [2.45, 2.75) is 13.0 Å². The summed E-state index contributed by atoms with van der Waals surface area (Å²) in [6, 6.07) is 9.40. The lowest BCUT2D eigenvalue weighted by Gasteiger charge is -2.22. The molecule has 1 aromatic carbocycles. The van der Waals surface area contributed by atoms with E-state index in [9.17, 15) is 5.11 Å². The topological polar surface area (TPSA) is 56.5 Å². The molecule has 0 aliphatic carbocycles. The Morgan fingerprint density at radius 2 is 2.29 bits per heavy atom. The number of hydrogen-bond donors (Lipinski definition) is 1. The predicted octanol–water partition coefficient (Wildman–Crippen LogP) is 1.39. The Labute approximate surface area is 102 Å². The van der Waals surface area contributed by atoms with Crippen molar-refractivity contribution in [3.8, 4) is 6.07 Å². The Morgan fingerprint density at radius 3 is 2.94 bits per heavy atom. The van der Waals surface area contributed by atoms with Crippen LogP contribution < -0.4 is 4.90 Å². The van der Waals surface area contributed by atoms with Crippen LogP contribution in [-0.4, -0.2) is 38.0 Å². The molecular weight excluding hydrogens is 216 g/mol. The number of rotatable bonds is 6. The van der Waals surface area contributed by atoms with Gasteiger partial charge in [-0.1, -0.05) is 6.07 Å². The molecule has 0 saturated heterocycles. The molecular formula is C13H18N2O2. The summed E-state index contributed by atoms with van der Waals surface area (Å²) in [5, 5.41) is 18.5. The van der Waals surface area contributed by atoms with E-state index in [4.69, 9.17) is 10.00 Å². The second-order valence-electron chi connectivity index (χ2n) is 3.86. The zero-order valence-corrected chi connectivity index (χ0v) is 10.3. The van der Waals surface area contributed by atoms with Crippen LogP contribution in [-0.2, 0) is 4.74 Å². The first-order valence-corrected chi connectivity index (χ1v) is 5.64. The lowest BCUT2D eigenvalue weighted by Crippen LogP contribution is -2.32. The maximum Gasteiger partial charge on any atom is 0.0992 e. The van der Waals surface area contributed by atoms with E-state index < -0.39 is 6.10 Å². The van der Waals surface area contributed by atoms with Gasteiger partial charge in [0.15, 0.2) is 0 Å². The quantitative estimate of drug-likeness (QED) is 0.808. The normalized spacial score (nSPS) is 11.9. The van der Waals surface area contributed by atoms with Gasteiger partial charge in [-0.05, 0) is 25.1 Å². The fourth-order valence-corrected chi connectivity index (χ4v) is 1.54. The van der Waals surface area contributed by atoms with Crippen molar-refractivity contribution >= 4 is 5.69 Å². The number of anilines is 1. The Morgan fingerprint density at radius 1 is 1.53 bits per heavy atom. The molecule has 1 aromatic rings. The molecule has 4 heteroatoms. The van der Waals surface area contributed by atoms with Crippen molar-refractivity contribution in [2.24, 2.45) is 0 Å². The summed E-state index contributed by atoms with van der Waals surface area (Å²) in [6.07, 6.45) is -0.523. The number of benzene rings is 1. The molecule has 4 nitrogen and oxygen atoms in total. The van der Waals surface area contributed by atoms with Crippen molar-refractivity contribution in [1.82, 2.24) is 0 Å². The number of nitriles is 1. The highest BCUT2D eigenvalue weighted by atomic mass is 16.5. The Kier molecular flexibility index (Phi) is 5.47. The van der Waals surface area contributed by atoms with Gasteiger partial charge in [-0.25, -0.2) is 0 Å². The molecule has 0 heterocycles. The van der Waals surface area contributed by atoms with E-state index in [0.717, 1.165) is 5.69 Å².